The number of para-hydroxylation sites is 1. The van der Waals surface area contributed by atoms with E-state index in [-0.39, 0.29) is 29.1 Å². The molecule has 4 rings (SSSR count). The average molecular weight is 498 g/mol. The maximum absolute atomic E-state index is 12.2. The van der Waals surface area contributed by atoms with E-state index in [1.807, 2.05) is 6.07 Å². The van der Waals surface area contributed by atoms with Crippen LogP contribution in [0, 0.1) is 10.1 Å². The quantitative estimate of drug-likeness (QED) is 0.280. The Morgan fingerprint density at radius 3 is 2.79 bits per heavy atom. The number of nitrogens with one attached hydrogen (secondary N) is 2. The molecule has 0 aliphatic carbocycles. The number of nitro benzene ring substituents is 1. The number of furan rings is 1. The van der Waals surface area contributed by atoms with E-state index in [1.165, 1.54) is 24.4 Å². The number of thioether (sulfide) groups is 1. The molecule has 172 valence electrons. The van der Waals surface area contributed by atoms with E-state index in [1.54, 1.807) is 36.4 Å². The van der Waals surface area contributed by atoms with E-state index in [2.05, 4.69) is 20.8 Å². The van der Waals surface area contributed by atoms with Crippen molar-refractivity contribution in [3.8, 4) is 11.3 Å². The third kappa shape index (κ3) is 5.69. The lowest BCUT2D eigenvalue weighted by Crippen LogP contribution is -2.28. The van der Waals surface area contributed by atoms with Crippen LogP contribution in [-0.4, -0.2) is 33.4 Å². The second-order valence-electron chi connectivity index (χ2n) is 6.99. The molecule has 3 aromatic rings. The van der Waals surface area contributed by atoms with E-state index in [0.29, 0.717) is 27.8 Å². The van der Waals surface area contributed by atoms with Crippen LogP contribution in [0.3, 0.4) is 0 Å². The van der Waals surface area contributed by atoms with Gasteiger partial charge in [-0.2, -0.15) is 5.10 Å². The van der Waals surface area contributed by atoms with Crippen molar-refractivity contribution in [2.75, 3.05) is 5.32 Å². The maximum Gasteiger partial charge on any atom is 0.270 e. The molecule has 2 N–H and O–H groups in total. The smallest absolute Gasteiger partial charge is 0.270 e. The van der Waals surface area contributed by atoms with Crippen molar-refractivity contribution in [2.24, 2.45) is 10.2 Å². The third-order valence-electron chi connectivity index (χ3n) is 4.59. The number of anilines is 1. The molecule has 2 aromatic carbocycles. The fourth-order valence-electron chi connectivity index (χ4n) is 3.01. The monoisotopic (exact) mass is 497 g/mol. The van der Waals surface area contributed by atoms with Crippen molar-refractivity contribution in [3.05, 3.63) is 81.6 Å². The van der Waals surface area contributed by atoms with Gasteiger partial charge in [0.05, 0.1) is 16.2 Å². The second kappa shape index (κ2) is 10.3. The number of hydrogen-bond donors (Lipinski definition) is 2. The van der Waals surface area contributed by atoms with Gasteiger partial charge in [-0.1, -0.05) is 41.6 Å². The molecule has 1 fully saturated rings. The van der Waals surface area contributed by atoms with Crippen LogP contribution in [0.2, 0.25) is 5.02 Å². The van der Waals surface area contributed by atoms with Crippen LogP contribution in [-0.2, 0) is 9.59 Å². The SMILES string of the molecule is O=C(CC1S/C(=N\N=Cc2ccc(-c3cc([N+](=O)[O-])ccc3Cl)o2)NC1=O)Nc1ccccc1. The predicted octanol–water partition coefficient (Wildman–Crippen LogP) is 4.46. The number of nitrogens with zero attached hydrogens (tertiary/aromatic N) is 3. The summed E-state index contributed by atoms with van der Waals surface area (Å²) in [6.45, 7) is 0. The Morgan fingerprint density at radius 2 is 2.03 bits per heavy atom. The van der Waals surface area contributed by atoms with Crippen molar-refractivity contribution in [2.45, 2.75) is 11.7 Å². The Hall–Kier alpha value is -3.96. The fourth-order valence-corrected chi connectivity index (χ4v) is 4.14. The topological polar surface area (TPSA) is 139 Å². The molecule has 10 nitrogen and oxygen atoms in total. The van der Waals surface area contributed by atoms with Gasteiger partial charge in [0.1, 0.15) is 16.8 Å². The van der Waals surface area contributed by atoms with E-state index in [0.717, 1.165) is 11.8 Å². The number of benzene rings is 2. The van der Waals surface area contributed by atoms with Gasteiger partial charge in [0.15, 0.2) is 5.17 Å². The van der Waals surface area contributed by atoms with Crippen LogP contribution in [0.25, 0.3) is 11.3 Å². The highest BCUT2D eigenvalue weighted by atomic mass is 35.5. The molecule has 12 heteroatoms. The van der Waals surface area contributed by atoms with Gasteiger partial charge in [0.25, 0.3) is 5.69 Å². The molecule has 2 amide bonds. The number of non-ortho nitro benzene ring substituents is 1. The van der Waals surface area contributed by atoms with Gasteiger partial charge < -0.3 is 15.1 Å². The summed E-state index contributed by atoms with van der Waals surface area (Å²) in [5, 5.41) is 24.1. The summed E-state index contributed by atoms with van der Waals surface area (Å²) in [5.74, 6) is 0.0418. The zero-order chi connectivity index (χ0) is 24.1. The van der Waals surface area contributed by atoms with E-state index in [4.69, 9.17) is 16.0 Å². The van der Waals surface area contributed by atoms with Crippen LogP contribution < -0.4 is 10.6 Å². The molecule has 1 aliphatic heterocycles. The lowest BCUT2D eigenvalue weighted by Gasteiger charge is -2.06. The second-order valence-corrected chi connectivity index (χ2v) is 8.59. The van der Waals surface area contributed by atoms with Gasteiger partial charge in [0.2, 0.25) is 11.8 Å². The Labute approximate surface area is 202 Å². The van der Waals surface area contributed by atoms with Gasteiger partial charge >= 0.3 is 0 Å². The average Bonchev–Trinajstić information content (AvgIpc) is 3.41. The van der Waals surface area contributed by atoms with Gasteiger partial charge in [0, 0.05) is 29.8 Å². The first-order valence-electron chi connectivity index (χ1n) is 9.86. The van der Waals surface area contributed by atoms with E-state index in [9.17, 15) is 19.7 Å². The van der Waals surface area contributed by atoms with Gasteiger partial charge in [-0.05, 0) is 30.3 Å². The van der Waals surface area contributed by atoms with Gasteiger partial charge in [-0.25, -0.2) is 0 Å². The van der Waals surface area contributed by atoms with Gasteiger partial charge in [-0.3, -0.25) is 19.7 Å². The highest BCUT2D eigenvalue weighted by Gasteiger charge is 2.32. The number of halogens is 1. The van der Waals surface area contributed by atoms with Crippen molar-refractivity contribution < 1.29 is 18.9 Å². The number of hydrogen-bond acceptors (Lipinski definition) is 8. The summed E-state index contributed by atoms with van der Waals surface area (Å²) in [5.41, 5.74) is 0.911. The first kappa shape index (κ1) is 23.2. The summed E-state index contributed by atoms with van der Waals surface area (Å²) < 4.78 is 5.63. The van der Waals surface area contributed by atoms with Crippen molar-refractivity contribution in [1.29, 1.82) is 0 Å². The molecule has 0 saturated carbocycles. The molecule has 0 spiro atoms. The Kier molecular flexibility index (Phi) is 7.04. The molecule has 1 aliphatic rings. The lowest BCUT2D eigenvalue weighted by molar-refractivity contribution is -0.384. The van der Waals surface area contributed by atoms with Crippen LogP contribution >= 0.6 is 23.4 Å². The highest BCUT2D eigenvalue weighted by molar-refractivity contribution is 8.15. The molecule has 1 unspecified atom stereocenters. The third-order valence-corrected chi connectivity index (χ3v) is 5.99. The summed E-state index contributed by atoms with van der Waals surface area (Å²) in [4.78, 5) is 34.8. The minimum absolute atomic E-state index is 0.0142. The van der Waals surface area contributed by atoms with Crippen LogP contribution in [0.1, 0.15) is 12.2 Å². The van der Waals surface area contributed by atoms with Crippen LogP contribution in [0.5, 0.6) is 0 Å². The Morgan fingerprint density at radius 1 is 1.24 bits per heavy atom. The molecular formula is C22H16ClN5O5S. The molecule has 1 aromatic heterocycles. The molecular weight excluding hydrogens is 482 g/mol. The van der Waals surface area contributed by atoms with Gasteiger partial charge in [-0.15, -0.1) is 5.10 Å². The minimum atomic E-state index is -0.621. The molecule has 0 radical (unpaired) electrons. The number of amides is 2. The number of carbonyl (C=O) groups excluding carboxylic acids is 2. The first-order valence-corrected chi connectivity index (χ1v) is 11.1. The van der Waals surface area contributed by atoms with Crippen LogP contribution in [0.15, 0.2) is 75.3 Å². The number of amidine groups is 1. The van der Waals surface area contributed by atoms with Crippen molar-refractivity contribution in [3.63, 3.8) is 0 Å². The van der Waals surface area contributed by atoms with E-state index >= 15 is 0 Å². The Bertz CT molecular complexity index is 1310. The lowest BCUT2D eigenvalue weighted by atomic mass is 10.1. The molecule has 2 heterocycles. The predicted molar refractivity (Wildman–Crippen MR) is 130 cm³/mol. The normalized spacial score (nSPS) is 16.7. The zero-order valence-electron chi connectivity index (χ0n) is 17.3. The molecule has 34 heavy (non-hydrogen) atoms. The maximum atomic E-state index is 12.2. The Balaban J connectivity index is 1.37. The summed E-state index contributed by atoms with van der Waals surface area (Å²) in [6.07, 6.45) is 1.31. The number of rotatable bonds is 7. The number of carbonyl (C=O) groups is 2. The summed E-state index contributed by atoms with van der Waals surface area (Å²) in [7, 11) is 0. The van der Waals surface area contributed by atoms with E-state index < -0.39 is 10.2 Å². The zero-order valence-corrected chi connectivity index (χ0v) is 18.9. The number of nitro groups is 1. The van der Waals surface area contributed by atoms with Crippen molar-refractivity contribution in [1.82, 2.24) is 5.32 Å². The fraction of sp³-hybridized carbons (Fsp3) is 0.0909. The highest BCUT2D eigenvalue weighted by Crippen LogP contribution is 2.32. The molecule has 1 saturated heterocycles. The minimum Gasteiger partial charge on any atom is -0.455 e. The molecule has 0 bridgehead atoms. The standard InChI is InChI=1S/C22H16ClN5O5S/c23-17-8-6-14(28(31)32)10-16(17)18-9-7-15(33-18)12-24-27-22-26-21(30)19(34-22)11-20(29)25-13-4-2-1-3-5-13/h1-10,12,19H,11H2,(H,25,29)(H,26,27,30). The van der Waals surface area contributed by atoms with Crippen molar-refractivity contribution >= 4 is 57.9 Å². The largest absolute Gasteiger partial charge is 0.455 e. The summed E-state index contributed by atoms with van der Waals surface area (Å²) in [6, 6.07) is 16.2. The van der Waals surface area contributed by atoms with Crippen LogP contribution in [0.4, 0.5) is 11.4 Å². The first-order chi connectivity index (χ1) is 16.4. The molecule has 1 atom stereocenters. The summed E-state index contributed by atoms with van der Waals surface area (Å²) >= 11 is 7.24.